The molecule has 12 heavy (non-hydrogen) atoms. The van der Waals surface area contributed by atoms with E-state index in [0.717, 1.165) is 0 Å². The van der Waals surface area contributed by atoms with Gasteiger partial charge in [-0.3, -0.25) is 0 Å². The zero-order chi connectivity index (χ0) is 8.23. The lowest BCUT2D eigenvalue weighted by molar-refractivity contribution is -0.607. The first kappa shape index (κ1) is 6.78. The van der Waals surface area contributed by atoms with Crippen molar-refractivity contribution in [3.63, 3.8) is 0 Å². The largest absolute Gasteiger partial charge is 0.262 e. The summed E-state index contributed by atoms with van der Waals surface area (Å²) < 4.78 is 1.69. The van der Waals surface area contributed by atoms with Crippen molar-refractivity contribution in [1.82, 2.24) is 20.2 Å². The molecule has 0 saturated heterocycles. The molecule has 5 heteroatoms. The monoisotopic (exact) mass is 160 g/mol. The van der Waals surface area contributed by atoms with Gasteiger partial charge in [-0.2, -0.15) is 4.57 Å². The first-order valence-corrected chi connectivity index (χ1v) is 3.41. The molecular weight excluding hydrogens is 154 g/mol. The van der Waals surface area contributed by atoms with E-state index in [0.29, 0.717) is 5.82 Å². The lowest BCUT2D eigenvalue weighted by Gasteiger charge is -1.91. The maximum Gasteiger partial charge on any atom is 0.262 e. The maximum absolute atomic E-state index is 3.88. The van der Waals surface area contributed by atoms with E-state index in [2.05, 4.69) is 20.2 Å². The maximum atomic E-state index is 3.88. The molecule has 2 heterocycles. The van der Waals surface area contributed by atoms with E-state index >= 15 is 0 Å². The summed E-state index contributed by atoms with van der Waals surface area (Å²) in [7, 11) is 0. The lowest BCUT2D eigenvalue weighted by Crippen LogP contribution is -2.32. The van der Waals surface area contributed by atoms with Gasteiger partial charge in [0.15, 0.2) is 0 Å². The van der Waals surface area contributed by atoms with Gasteiger partial charge in [-0.05, 0) is 11.2 Å². The van der Waals surface area contributed by atoms with Crippen LogP contribution in [-0.4, -0.2) is 20.2 Å². The second-order valence-electron chi connectivity index (χ2n) is 2.13. The van der Waals surface area contributed by atoms with Crippen molar-refractivity contribution in [3.05, 3.63) is 37.3 Å². The Morgan fingerprint density at radius 2 is 2.00 bits per heavy atom. The van der Waals surface area contributed by atoms with E-state index in [1.54, 1.807) is 23.4 Å². The van der Waals surface area contributed by atoms with Gasteiger partial charge in [-0.25, -0.2) is 0 Å². The Balaban J connectivity index is 2.46. The van der Waals surface area contributed by atoms with E-state index in [-0.39, 0.29) is 0 Å². The fourth-order valence-electron chi connectivity index (χ4n) is 0.821. The third-order valence-electron chi connectivity index (χ3n) is 1.34. The van der Waals surface area contributed by atoms with Crippen molar-refractivity contribution in [2.24, 2.45) is 0 Å². The Morgan fingerprint density at radius 3 is 2.67 bits per heavy atom. The van der Waals surface area contributed by atoms with Crippen LogP contribution in [0.2, 0.25) is 0 Å². The van der Waals surface area contributed by atoms with Crippen LogP contribution in [-0.2, 0) is 0 Å². The molecule has 0 radical (unpaired) electrons. The summed E-state index contributed by atoms with van der Waals surface area (Å²) in [5.41, 5.74) is 0. The van der Waals surface area contributed by atoms with Crippen LogP contribution >= 0.6 is 0 Å². The van der Waals surface area contributed by atoms with Crippen molar-refractivity contribution >= 4 is 0 Å². The van der Waals surface area contributed by atoms with Crippen LogP contribution in [0.3, 0.4) is 0 Å². The van der Waals surface area contributed by atoms with Gasteiger partial charge in [-0.15, -0.1) is 15.1 Å². The molecule has 2 aromatic heterocycles. The standard InChI is InChI=1S/C7H6N5/c1-2-7(11-10-3-1)12-5-8-4-9-6-12/h1-6H/q+1. The molecule has 2 aromatic rings. The minimum absolute atomic E-state index is 0.707. The van der Waals surface area contributed by atoms with E-state index in [4.69, 9.17) is 0 Å². The normalized spacial score (nSPS) is 9.67. The molecular formula is C7H6N5+. The van der Waals surface area contributed by atoms with Gasteiger partial charge in [0.1, 0.15) is 0 Å². The zero-order valence-electron chi connectivity index (χ0n) is 6.20. The molecule has 2 rings (SSSR count). The van der Waals surface area contributed by atoms with Crippen molar-refractivity contribution in [2.45, 2.75) is 0 Å². The van der Waals surface area contributed by atoms with Crippen LogP contribution in [0.25, 0.3) is 5.82 Å². The highest BCUT2D eigenvalue weighted by atomic mass is 15.2. The Bertz CT molecular complexity index is 309. The van der Waals surface area contributed by atoms with E-state index < -0.39 is 0 Å². The van der Waals surface area contributed by atoms with Crippen LogP contribution in [0.1, 0.15) is 0 Å². The molecule has 0 bridgehead atoms. The van der Waals surface area contributed by atoms with Gasteiger partial charge in [0, 0.05) is 6.07 Å². The summed E-state index contributed by atoms with van der Waals surface area (Å²) in [4.78, 5) is 7.69. The summed E-state index contributed by atoms with van der Waals surface area (Å²) in [6, 6.07) is 3.64. The van der Waals surface area contributed by atoms with Crippen LogP contribution in [0.15, 0.2) is 37.3 Å². The predicted octanol–water partition coefficient (Wildman–Crippen LogP) is -0.457. The van der Waals surface area contributed by atoms with Crippen LogP contribution in [0.4, 0.5) is 0 Å². The first-order chi connectivity index (χ1) is 5.97. The molecule has 58 valence electrons. The van der Waals surface area contributed by atoms with Gasteiger partial charge in [0.2, 0.25) is 19.0 Å². The SMILES string of the molecule is c1cnnc(-[n+]2cncnc2)c1. The second-order valence-corrected chi connectivity index (χ2v) is 2.13. The Morgan fingerprint density at radius 1 is 1.17 bits per heavy atom. The minimum Gasteiger partial charge on any atom is -0.198 e. The fraction of sp³-hybridized carbons (Fsp3) is 0. The third-order valence-corrected chi connectivity index (χ3v) is 1.34. The van der Waals surface area contributed by atoms with Gasteiger partial charge in [-0.1, -0.05) is 0 Å². The van der Waals surface area contributed by atoms with Gasteiger partial charge < -0.3 is 0 Å². The molecule has 0 amide bonds. The molecule has 0 fully saturated rings. The molecule has 0 aliphatic heterocycles. The zero-order valence-corrected chi connectivity index (χ0v) is 6.20. The highest BCUT2D eigenvalue weighted by molar-refractivity contribution is 5.04. The molecule has 0 N–H and O–H groups in total. The highest BCUT2D eigenvalue weighted by Gasteiger charge is 2.00. The van der Waals surface area contributed by atoms with Crippen molar-refractivity contribution < 1.29 is 4.57 Å². The summed E-state index contributed by atoms with van der Waals surface area (Å²) in [5.74, 6) is 0.707. The average molecular weight is 160 g/mol. The molecule has 0 atom stereocenters. The van der Waals surface area contributed by atoms with Gasteiger partial charge in [0.05, 0.1) is 6.20 Å². The molecule has 0 aliphatic carbocycles. The number of hydrogen-bond acceptors (Lipinski definition) is 4. The molecule has 0 unspecified atom stereocenters. The molecule has 0 aliphatic rings. The summed E-state index contributed by atoms with van der Waals surface area (Å²) in [6.07, 6.45) is 6.33. The van der Waals surface area contributed by atoms with Crippen LogP contribution in [0.5, 0.6) is 0 Å². The third kappa shape index (κ3) is 1.24. The number of aromatic nitrogens is 5. The van der Waals surface area contributed by atoms with E-state index in [1.807, 2.05) is 12.1 Å². The smallest absolute Gasteiger partial charge is 0.198 e. The molecule has 5 nitrogen and oxygen atoms in total. The number of rotatable bonds is 1. The topological polar surface area (TPSA) is 55.4 Å². The van der Waals surface area contributed by atoms with Crippen LogP contribution in [0, 0.1) is 0 Å². The minimum atomic E-state index is 0.707. The predicted molar refractivity (Wildman–Crippen MR) is 39.2 cm³/mol. The number of nitrogens with zero attached hydrogens (tertiary/aromatic N) is 5. The van der Waals surface area contributed by atoms with Crippen LogP contribution < -0.4 is 4.57 Å². The van der Waals surface area contributed by atoms with Crippen molar-refractivity contribution in [2.75, 3.05) is 0 Å². The fourth-order valence-corrected chi connectivity index (χ4v) is 0.821. The second kappa shape index (κ2) is 3.00. The van der Waals surface area contributed by atoms with Crippen molar-refractivity contribution in [1.29, 1.82) is 0 Å². The van der Waals surface area contributed by atoms with E-state index in [1.165, 1.54) is 6.33 Å². The first-order valence-electron chi connectivity index (χ1n) is 3.41. The molecule has 0 aromatic carbocycles. The highest BCUT2D eigenvalue weighted by Crippen LogP contribution is 1.86. The quantitative estimate of drug-likeness (QED) is 0.530. The molecule has 0 saturated carbocycles. The van der Waals surface area contributed by atoms with Gasteiger partial charge in [0.25, 0.3) is 5.82 Å². The lowest BCUT2D eigenvalue weighted by atomic mass is 10.5. The van der Waals surface area contributed by atoms with E-state index in [9.17, 15) is 0 Å². The van der Waals surface area contributed by atoms with Gasteiger partial charge >= 0.3 is 0 Å². The summed E-state index contributed by atoms with van der Waals surface area (Å²) >= 11 is 0. The Hall–Kier alpha value is -1.91. The Labute approximate surface area is 68.8 Å². The average Bonchev–Trinajstić information content (AvgIpc) is 2.21. The molecule has 0 spiro atoms. The summed E-state index contributed by atoms with van der Waals surface area (Å²) in [5, 5.41) is 7.62. The number of hydrogen-bond donors (Lipinski definition) is 0. The Kier molecular flexibility index (Phi) is 1.69. The van der Waals surface area contributed by atoms with Crippen molar-refractivity contribution in [3.8, 4) is 5.82 Å². The summed E-state index contributed by atoms with van der Waals surface area (Å²) in [6.45, 7) is 0.